The molecule has 0 unspecified atom stereocenters. The smallest absolute Gasteiger partial charge is 0.410 e. The van der Waals surface area contributed by atoms with Gasteiger partial charge in [-0.05, 0) is 73.6 Å². The molecule has 300 valence electrons. The second kappa shape index (κ2) is 19.0. The molecule has 15 heteroatoms. The topological polar surface area (TPSA) is 163 Å². The number of methoxy groups -OCH3 is 1. The lowest BCUT2D eigenvalue weighted by molar-refractivity contribution is -0.141. The van der Waals surface area contributed by atoms with Crippen molar-refractivity contribution in [3.05, 3.63) is 82.5 Å². The monoisotopic (exact) mass is 772 g/mol. The average molecular weight is 773 g/mol. The lowest BCUT2D eigenvalue weighted by Gasteiger charge is -2.39. The third kappa shape index (κ3) is 10.1. The molecule has 56 heavy (non-hydrogen) atoms. The molecule has 3 aliphatic rings. The molecule has 6 rings (SSSR count). The number of rotatable bonds is 13. The zero-order valence-corrected chi connectivity index (χ0v) is 32.4. The van der Waals surface area contributed by atoms with Gasteiger partial charge in [-0.15, -0.1) is 0 Å². The number of phenolic OH excluding ortho intramolecular Hbond substituents is 1. The van der Waals surface area contributed by atoms with E-state index in [2.05, 4.69) is 10.3 Å². The van der Waals surface area contributed by atoms with Crippen LogP contribution in [-0.4, -0.2) is 140 Å². The van der Waals surface area contributed by atoms with Crippen LogP contribution in [0.3, 0.4) is 0 Å². The zero-order valence-electron chi connectivity index (χ0n) is 32.4. The van der Waals surface area contributed by atoms with Gasteiger partial charge in [0.15, 0.2) is 6.10 Å². The number of pyridine rings is 1. The van der Waals surface area contributed by atoms with E-state index >= 15 is 0 Å². The van der Waals surface area contributed by atoms with Gasteiger partial charge in [-0.3, -0.25) is 4.79 Å². The second-order valence-electron chi connectivity index (χ2n) is 14.4. The number of aryl methyl sites for hydroxylation is 2. The summed E-state index contributed by atoms with van der Waals surface area (Å²) in [5.74, 6) is 0.0702. The van der Waals surface area contributed by atoms with Crippen molar-refractivity contribution < 1.29 is 43.2 Å². The maximum absolute atomic E-state index is 14.1. The Labute approximate surface area is 327 Å². The van der Waals surface area contributed by atoms with Crippen LogP contribution < -0.4 is 10.2 Å². The van der Waals surface area contributed by atoms with Crippen LogP contribution in [0.2, 0.25) is 0 Å². The van der Waals surface area contributed by atoms with Crippen molar-refractivity contribution >= 4 is 35.5 Å². The lowest BCUT2D eigenvalue weighted by atomic mass is 10.0. The SMILES string of the molecule is COCCOCCOC(=O)c1ccc(N2CCN(C(=O)[C@@H](Cc3cc(C)c(O)c(C)c3)OC(=O)N3CCC(N4CCc5ccccc5NC4=O)CC3)CC2)nc1. The number of amides is 4. The number of benzene rings is 2. The number of piperazine rings is 1. The van der Waals surface area contributed by atoms with Crippen molar-refractivity contribution in [1.29, 1.82) is 0 Å². The van der Waals surface area contributed by atoms with Gasteiger partial charge in [0.05, 0.1) is 25.4 Å². The van der Waals surface area contributed by atoms with Gasteiger partial charge >= 0.3 is 18.1 Å². The number of hydrogen-bond donors (Lipinski definition) is 2. The highest BCUT2D eigenvalue weighted by molar-refractivity contribution is 5.91. The Morgan fingerprint density at radius 2 is 1.61 bits per heavy atom. The molecule has 3 aliphatic heterocycles. The molecule has 0 aliphatic carbocycles. The van der Waals surface area contributed by atoms with Gasteiger partial charge < -0.3 is 49.0 Å². The first-order chi connectivity index (χ1) is 27.1. The van der Waals surface area contributed by atoms with Gasteiger partial charge in [-0.25, -0.2) is 19.4 Å². The van der Waals surface area contributed by atoms with E-state index in [1.165, 1.54) is 6.20 Å². The van der Waals surface area contributed by atoms with Crippen LogP contribution in [0.4, 0.5) is 21.1 Å². The van der Waals surface area contributed by atoms with E-state index in [0.717, 1.165) is 23.2 Å². The number of nitrogens with zero attached hydrogens (tertiary/aromatic N) is 5. The van der Waals surface area contributed by atoms with Crippen LogP contribution >= 0.6 is 0 Å². The summed E-state index contributed by atoms with van der Waals surface area (Å²) in [7, 11) is 1.59. The molecular weight excluding hydrogens is 720 g/mol. The summed E-state index contributed by atoms with van der Waals surface area (Å²) in [6.45, 7) is 7.98. The summed E-state index contributed by atoms with van der Waals surface area (Å²) in [6.07, 6.45) is 1.91. The summed E-state index contributed by atoms with van der Waals surface area (Å²) in [5, 5.41) is 13.4. The van der Waals surface area contributed by atoms with Crippen LogP contribution in [0, 0.1) is 13.8 Å². The number of likely N-dealkylation sites (tertiary alicyclic amines) is 1. The Hall–Kier alpha value is -5.41. The highest BCUT2D eigenvalue weighted by Crippen LogP contribution is 2.27. The fourth-order valence-corrected chi connectivity index (χ4v) is 7.43. The second-order valence-corrected chi connectivity index (χ2v) is 14.4. The van der Waals surface area contributed by atoms with E-state index in [9.17, 15) is 24.3 Å². The number of esters is 1. The maximum Gasteiger partial charge on any atom is 0.410 e. The number of carbonyl (C=O) groups is 4. The minimum Gasteiger partial charge on any atom is -0.507 e. The largest absolute Gasteiger partial charge is 0.507 e. The molecule has 3 aromatic rings. The fourth-order valence-electron chi connectivity index (χ4n) is 7.43. The van der Waals surface area contributed by atoms with Crippen molar-refractivity contribution in [3.63, 3.8) is 0 Å². The van der Waals surface area contributed by atoms with Crippen molar-refractivity contribution in [3.8, 4) is 5.75 Å². The summed E-state index contributed by atoms with van der Waals surface area (Å²) in [5.41, 5.74) is 4.38. The van der Waals surface area contributed by atoms with Crippen LogP contribution in [-0.2, 0) is 36.6 Å². The Morgan fingerprint density at radius 1 is 0.893 bits per heavy atom. The predicted octanol–water partition coefficient (Wildman–Crippen LogP) is 4.17. The quantitative estimate of drug-likeness (QED) is 0.189. The third-order valence-corrected chi connectivity index (χ3v) is 10.6. The Morgan fingerprint density at radius 3 is 2.30 bits per heavy atom. The summed E-state index contributed by atoms with van der Waals surface area (Å²) < 4.78 is 21.5. The number of ether oxygens (including phenoxy) is 4. The highest BCUT2D eigenvalue weighted by Gasteiger charge is 2.35. The minimum absolute atomic E-state index is 0.0268. The first kappa shape index (κ1) is 40.3. The van der Waals surface area contributed by atoms with Crippen LogP contribution in [0.1, 0.15) is 45.5 Å². The first-order valence-electron chi connectivity index (χ1n) is 19.2. The zero-order chi connectivity index (χ0) is 39.6. The Balaban J connectivity index is 1.04. The summed E-state index contributed by atoms with van der Waals surface area (Å²) >= 11 is 0. The maximum atomic E-state index is 14.1. The van der Waals surface area contributed by atoms with Crippen LogP contribution in [0.5, 0.6) is 5.75 Å². The molecule has 2 saturated heterocycles. The van der Waals surface area contributed by atoms with Gasteiger partial charge in [-0.1, -0.05) is 30.3 Å². The molecule has 2 N–H and O–H groups in total. The molecule has 15 nitrogen and oxygen atoms in total. The third-order valence-electron chi connectivity index (χ3n) is 10.6. The van der Waals surface area contributed by atoms with E-state index in [0.29, 0.717) is 94.4 Å². The Bertz CT molecular complexity index is 1820. The normalized spacial score (nSPS) is 16.8. The van der Waals surface area contributed by atoms with E-state index in [4.69, 9.17) is 18.9 Å². The number of urea groups is 1. The van der Waals surface area contributed by atoms with Crippen LogP contribution in [0.25, 0.3) is 0 Å². The number of aromatic nitrogens is 1. The number of anilines is 2. The van der Waals surface area contributed by atoms with Gasteiger partial charge in [0, 0.05) is 77.3 Å². The first-order valence-corrected chi connectivity index (χ1v) is 19.2. The number of piperidine rings is 1. The average Bonchev–Trinajstić information content (AvgIpc) is 3.38. The fraction of sp³-hybridized carbons (Fsp3) is 0.488. The number of phenols is 1. The molecular formula is C41H52N6O9. The van der Waals surface area contributed by atoms with E-state index in [1.54, 1.807) is 42.9 Å². The van der Waals surface area contributed by atoms with E-state index in [1.807, 2.05) is 46.2 Å². The van der Waals surface area contributed by atoms with Gasteiger partial charge in [0.1, 0.15) is 18.2 Å². The van der Waals surface area contributed by atoms with Gasteiger partial charge in [0.2, 0.25) is 0 Å². The lowest BCUT2D eigenvalue weighted by Crippen LogP contribution is -2.54. The molecule has 0 bridgehead atoms. The van der Waals surface area contributed by atoms with Gasteiger partial charge in [-0.2, -0.15) is 0 Å². The predicted molar refractivity (Wildman–Crippen MR) is 208 cm³/mol. The highest BCUT2D eigenvalue weighted by atomic mass is 16.6. The standard InChI is InChI=1S/C41H52N6O9/c1-28-24-30(25-29(2)37(28)48)26-35(56-41(52)46-13-11-33(12-14-46)47-15-10-31-6-4-5-7-34(31)43-40(47)51)38(49)45-18-16-44(17-19-45)36-9-8-32(27-42-36)39(50)55-23-22-54-21-20-53-3/h4-9,24-25,27,33,35,48H,10-23,26H2,1-3H3,(H,43,51)/t35-/m1/s1. The molecule has 0 radical (unpaired) electrons. The summed E-state index contributed by atoms with van der Waals surface area (Å²) in [4.78, 5) is 65.1. The van der Waals surface area contributed by atoms with Crippen LogP contribution in [0.15, 0.2) is 54.7 Å². The molecule has 4 heterocycles. The number of nitrogens with one attached hydrogen (secondary N) is 1. The minimum atomic E-state index is -1.08. The van der Waals surface area contributed by atoms with Crippen molar-refractivity contribution in [2.75, 3.05) is 89.6 Å². The molecule has 2 fully saturated rings. The van der Waals surface area contributed by atoms with Gasteiger partial charge in [0.25, 0.3) is 5.91 Å². The Kier molecular flexibility index (Phi) is 13.6. The summed E-state index contributed by atoms with van der Waals surface area (Å²) in [6, 6.07) is 14.7. The number of fused-ring (bicyclic) bond motifs is 1. The number of hydrogen-bond acceptors (Lipinski definition) is 11. The molecule has 0 spiro atoms. The van der Waals surface area contributed by atoms with E-state index < -0.39 is 18.2 Å². The molecule has 1 atom stereocenters. The van der Waals surface area contributed by atoms with Crippen molar-refractivity contribution in [1.82, 2.24) is 19.7 Å². The molecule has 0 saturated carbocycles. The number of para-hydroxylation sites is 1. The molecule has 2 aromatic carbocycles. The van der Waals surface area contributed by atoms with E-state index in [-0.39, 0.29) is 43.4 Å². The molecule has 1 aromatic heterocycles. The van der Waals surface area contributed by atoms with Crippen molar-refractivity contribution in [2.24, 2.45) is 0 Å². The van der Waals surface area contributed by atoms with Crippen molar-refractivity contribution in [2.45, 2.75) is 51.7 Å². The number of aromatic hydroxyl groups is 1. The molecule has 4 amide bonds. The number of carbonyl (C=O) groups excluding carboxylic acids is 4.